The summed E-state index contributed by atoms with van der Waals surface area (Å²) in [6.07, 6.45) is 1.61. The van der Waals surface area contributed by atoms with Gasteiger partial charge in [0, 0.05) is 12.3 Å². The Morgan fingerprint density at radius 2 is 2.15 bits per heavy atom. The minimum atomic E-state index is -1.09. The predicted octanol–water partition coefficient (Wildman–Crippen LogP) is 2.79. The molecule has 2 rings (SSSR count). The van der Waals surface area contributed by atoms with Gasteiger partial charge in [0.15, 0.2) is 0 Å². The summed E-state index contributed by atoms with van der Waals surface area (Å²) >= 11 is 5.86. The van der Waals surface area contributed by atoms with Gasteiger partial charge >= 0.3 is 5.97 Å². The highest BCUT2D eigenvalue weighted by molar-refractivity contribution is 6.33. The maximum Gasteiger partial charge on any atom is 0.337 e. The lowest BCUT2D eigenvalue weighted by molar-refractivity contribution is -0.123. The lowest BCUT2D eigenvalue weighted by Gasteiger charge is -2.15. The molecule has 0 heterocycles. The molecule has 0 bridgehead atoms. The average Bonchev–Trinajstić information content (AvgIpc) is 3.17. The van der Waals surface area contributed by atoms with Crippen LogP contribution in [0.15, 0.2) is 18.2 Å². The molecule has 1 aliphatic rings. The van der Waals surface area contributed by atoms with E-state index in [9.17, 15) is 9.59 Å². The molecule has 0 saturated heterocycles. The molecule has 0 unspecified atom stereocenters. The van der Waals surface area contributed by atoms with E-state index < -0.39 is 11.4 Å². The number of carbonyl (C=O) groups is 2. The van der Waals surface area contributed by atoms with Gasteiger partial charge in [0.2, 0.25) is 5.91 Å². The fourth-order valence-electron chi connectivity index (χ4n) is 1.92. The van der Waals surface area contributed by atoms with Gasteiger partial charge in [0.25, 0.3) is 0 Å². The summed E-state index contributed by atoms with van der Waals surface area (Å²) in [5, 5.41) is 11.8. The van der Waals surface area contributed by atoms with Crippen molar-refractivity contribution in [3.8, 4) is 0 Å². The normalized spacial score (nSPS) is 15.7. The number of ether oxygens (including phenoxy) is 1. The van der Waals surface area contributed by atoms with Crippen LogP contribution in [0, 0.1) is 5.41 Å². The molecule has 1 aromatic carbocycles. The molecule has 0 aliphatic heterocycles. The highest BCUT2D eigenvalue weighted by Gasteiger charge is 2.50. The molecule has 0 aromatic heterocycles. The van der Waals surface area contributed by atoms with E-state index in [0.717, 1.165) is 12.8 Å². The van der Waals surface area contributed by atoms with Crippen molar-refractivity contribution >= 4 is 29.2 Å². The van der Waals surface area contributed by atoms with Crippen molar-refractivity contribution in [3.63, 3.8) is 0 Å². The summed E-state index contributed by atoms with van der Waals surface area (Å²) in [5.74, 6) is -1.20. The number of carboxylic acids is 1. The van der Waals surface area contributed by atoms with Crippen LogP contribution in [-0.2, 0) is 9.53 Å². The SMILES string of the molecule is CCOCC1(C(=O)Nc2ccc(C(=O)O)c(Cl)c2)CC1. The van der Waals surface area contributed by atoms with Gasteiger partial charge in [0.1, 0.15) is 0 Å². The number of hydrogen-bond donors (Lipinski definition) is 2. The van der Waals surface area contributed by atoms with E-state index in [4.69, 9.17) is 21.4 Å². The summed E-state index contributed by atoms with van der Waals surface area (Å²) in [5.41, 5.74) is 0.0708. The third-order valence-electron chi connectivity index (χ3n) is 3.38. The van der Waals surface area contributed by atoms with Crippen LogP contribution in [-0.4, -0.2) is 30.2 Å². The monoisotopic (exact) mass is 297 g/mol. The summed E-state index contributed by atoms with van der Waals surface area (Å²) in [6.45, 7) is 2.88. The summed E-state index contributed by atoms with van der Waals surface area (Å²) < 4.78 is 5.33. The number of amides is 1. The Morgan fingerprint density at radius 1 is 1.45 bits per heavy atom. The van der Waals surface area contributed by atoms with Gasteiger partial charge in [-0.1, -0.05) is 11.6 Å². The molecular formula is C14H16ClNO4. The van der Waals surface area contributed by atoms with Gasteiger partial charge in [-0.05, 0) is 38.0 Å². The minimum absolute atomic E-state index is 0.0140. The average molecular weight is 298 g/mol. The van der Waals surface area contributed by atoms with Crippen LogP contribution in [0.3, 0.4) is 0 Å². The van der Waals surface area contributed by atoms with E-state index in [1.54, 1.807) is 0 Å². The maximum atomic E-state index is 12.2. The number of nitrogens with one attached hydrogen (secondary N) is 1. The fraction of sp³-hybridized carbons (Fsp3) is 0.429. The quantitative estimate of drug-likeness (QED) is 0.846. The highest BCUT2D eigenvalue weighted by Crippen LogP contribution is 2.46. The molecule has 0 spiro atoms. The predicted molar refractivity (Wildman–Crippen MR) is 75.2 cm³/mol. The Kier molecular flexibility index (Phi) is 4.30. The molecule has 1 saturated carbocycles. The molecule has 2 N–H and O–H groups in total. The van der Waals surface area contributed by atoms with Gasteiger partial charge < -0.3 is 15.2 Å². The minimum Gasteiger partial charge on any atom is -0.478 e. The smallest absolute Gasteiger partial charge is 0.337 e. The van der Waals surface area contributed by atoms with Crippen molar-refractivity contribution in [2.75, 3.05) is 18.5 Å². The van der Waals surface area contributed by atoms with Gasteiger partial charge in [0.05, 0.1) is 22.6 Å². The third kappa shape index (κ3) is 3.11. The Balaban J connectivity index is 2.05. The zero-order valence-corrected chi connectivity index (χ0v) is 11.9. The summed E-state index contributed by atoms with van der Waals surface area (Å²) in [7, 11) is 0. The second kappa shape index (κ2) is 5.81. The van der Waals surface area contributed by atoms with E-state index >= 15 is 0 Å². The van der Waals surface area contributed by atoms with Gasteiger partial charge in [-0.25, -0.2) is 4.79 Å². The topological polar surface area (TPSA) is 75.6 Å². The molecule has 1 fully saturated rings. The largest absolute Gasteiger partial charge is 0.478 e. The molecule has 0 radical (unpaired) electrons. The standard InChI is InChI=1S/C14H16ClNO4/c1-2-20-8-14(5-6-14)13(19)16-9-3-4-10(12(17)18)11(15)7-9/h3-4,7H,2,5-6,8H2,1H3,(H,16,19)(H,17,18). The third-order valence-corrected chi connectivity index (χ3v) is 3.69. The summed E-state index contributed by atoms with van der Waals surface area (Å²) in [6, 6.07) is 4.35. The number of carboxylic acid groups (broad SMARTS) is 1. The first-order valence-electron chi connectivity index (χ1n) is 6.40. The fourth-order valence-corrected chi connectivity index (χ4v) is 2.18. The lowest BCUT2D eigenvalue weighted by Crippen LogP contribution is -2.28. The maximum absolute atomic E-state index is 12.2. The van der Waals surface area contributed by atoms with Gasteiger partial charge in [-0.3, -0.25) is 4.79 Å². The second-order valence-corrected chi connectivity index (χ2v) is 5.28. The van der Waals surface area contributed by atoms with Crippen LogP contribution < -0.4 is 5.32 Å². The molecule has 5 nitrogen and oxygen atoms in total. The number of rotatable bonds is 6. The van der Waals surface area contributed by atoms with Crippen molar-refractivity contribution in [1.29, 1.82) is 0 Å². The van der Waals surface area contributed by atoms with E-state index in [-0.39, 0.29) is 16.5 Å². The van der Waals surface area contributed by atoms with Crippen molar-refractivity contribution < 1.29 is 19.4 Å². The zero-order valence-electron chi connectivity index (χ0n) is 11.1. The van der Waals surface area contributed by atoms with E-state index in [1.165, 1.54) is 18.2 Å². The second-order valence-electron chi connectivity index (χ2n) is 4.87. The Labute approximate surface area is 121 Å². The Hall–Kier alpha value is -1.59. The Morgan fingerprint density at radius 3 is 2.65 bits per heavy atom. The number of benzene rings is 1. The number of carbonyl (C=O) groups excluding carboxylic acids is 1. The molecule has 6 heteroatoms. The number of aromatic carboxylic acids is 1. The number of halogens is 1. The van der Waals surface area contributed by atoms with Gasteiger partial charge in [-0.2, -0.15) is 0 Å². The van der Waals surface area contributed by atoms with E-state index in [0.29, 0.717) is 18.9 Å². The molecule has 1 aromatic rings. The molecule has 108 valence electrons. The van der Waals surface area contributed by atoms with Gasteiger partial charge in [-0.15, -0.1) is 0 Å². The van der Waals surface area contributed by atoms with E-state index in [1.807, 2.05) is 6.92 Å². The molecule has 1 amide bonds. The highest BCUT2D eigenvalue weighted by atomic mass is 35.5. The van der Waals surface area contributed by atoms with E-state index in [2.05, 4.69) is 5.32 Å². The Bertz CT molecular complexity index is 540. The first-order chi connectivity index (χ1) is 9.48. The van der Waals surface area contributed by atoms with Crippen molar-refractivity contribution in [2.24, 2.45) is 5.41 Å². The molecule has 1 aliphatic carbocycles. The van der Waals surface area contributed by atoms with Crippen LogP contribution >= 0.6 is 11.6 Å². The summed E-state index contributed by atoms with van der Waals surface area (Å²) in [4.78, 5) is 23.0. The lowest BCUT2D eigenvalue weighted by atomic mass is 10.1. The van der Waals surface area contributed by atoms with Crippen molar-refractivity contribution in [3.05, 3.63) is 28.8 Å². The van der Waals surface area contributed by atoms with Crippen LogP contribution in [0.25, 0.3) is 0 Å². The van der Waals surface area contributed by atoms with Crippen molar-refractivity contribution in [1.82, 2.24) is 0 Å². The first kappa shape index (κ1) is 14.8. The molecule has 0 atom stereocenters. The van der Waals surface area contributed by atoms with Crippen LogP contribution in [0.4, 0.5) is 5.69 Å². The van der Waals surface area contributed by atoms with Crippen molar-refractivity contribution in [2.45, 2.75) is 19.8 Å². The van der Waals surface area contributed by atoms with Crippen LogP contribution in [0.2, 0.25) is 5.02 Å². The number of anilines is 1. The van der Waals surface area contributed by atoms with Crippen LogP contribution in [0.1, 0.15) is 30.1 Å². The zero-order chi connectivity index (χ0) is 14.8. The van der Waals surface area contributed by atoms with Crippen LogP contribution in [0.5, 0.6) is 0 Å². The first-order valence-corrected chi connectivity index (χ1v) is 6.78. The molecular weight excluding hydrogens is 282 g/mol. The molecule has 20 heavy (non-hydrogen) atoms. The number of hydrogen-bond acceptors (Lipinski definition) is 3.